The van der Waals surface area contributed by atoms with E-state index in [9.17, 15) is 0 Å². The largest absolute Gasteiger partial charge is 0.0840 e. The van der Waals surface area contributed by atoms with Crippen molar-refractivity contribution < 1.29 is 0 Å². The lowest BCUT2D eigenvalue weighted by atomic mass is 9.86. The van der Waals surface area contributed by atoms with Gasteiger partial charge in [0.15, 0.2) is 0 Å². The summed E-state index contributed by atoms with van der Waals surface area (Å²) in [6.07, 6.45) is 0. The van der Waals surface area contributed by atoms with E-state index in [0.717, 1.165) is 21.2 Å². The van der Waals surface area contributed by atoms with Crippen LogP contribution in [0.1, 0.15) is 31.9 Å². The smallest absolute Gasteiger partial charge is 0.0487 e. The molecule has 1 aromatic rings. The van der Waals surface area contributed by atoms with Gasteiger partial charge in [-0.1, -0.05) is 50.0 Å². The third kappa shape index (κ3) is 2.18. The van der Waals surface area contributed by atoms with Gasteiger partial charge < -0.3 is 0 Å². The van der Waals surface area contributed by atoms with Crippen LogP contribution in [0.4, 0.5) is 0 Å². The summed E-state index contributed by atoms with van der Waals surface area (Å²) in [6, 6.07) is 3.90. The summed E-state index contributed by atoms with van der Waals surface area (Å²) >= 11 is 12.2. The van der Waals surface area contributed by atoms with Crippen LogP contribution < -0.4 is 0 Å². The van der Waals surface area contributed by atoms with E-state index in [2.05, 4.69) is 20.8 Å². The maximum atomic E-state index is 6.20. The molecule has 0 aliphatic rings. The average Bonchev–Trinajstić information content (AvgIpc) is 1.98. The summed E-state index contributed by atoms with van der Waals surface area (Å²) in [7, 11) is 0. The molecular weight excluding hydrogens is 203 g/mol. The molecule has 13 heavy (non-hydrogen) atoms. The van der Waals surface area contributed by atoms with E-state index < -0.39 is 0 Å². The molecule has 0 aromatic heterocycles. The fraction of sp³-hybridized carbons (Fsp3) is 0.455. The average molecular weight is 217 g/mol. The van der Waals surface area contributed by atoms with Crippen LogP contribution in [0.3, 0.4) is 0 Å². The van der Waals surface area contributed by atoms with Crippen molar-refractivity contribution in [1.82, 2.24) is 0 Å². The number of hydrogen-bond acceptors (Lipinski definition) is 0. The maximum absolute atomic E-state index is 6.20. The molecule has 0 radical (unpaired) electrons. The van der Waals surface area contributed by atoms with E-state index in [1.807, 2.05) is 19.1 Å². The van der Waals surface area contributed by atoms with Crippen molar-refractivity contribution in [2.45, 2.75) is 33.1 Å². The fourth-order valence-corrected chi connectivity index (χ4v) is 1.89. The molecule has 1 aromatic carbocycles. The zero-order valence-corrected chi connectivity index (χ0v) is 9.92. The number of benzene rings is 1. The predicted octanol–water partition coefficient (Wildman–Crippen LogP) is 4.60. The van der Waals surface area contributed by atoms with Crippen LogP contribution in [-0.4, -0.2) is 0 Å². The van der Waals surface area contributed by atoms with Crippen LogP contribution in [0.2, 0.25) is 10.0 Å². The Balaban J connectivity index is 3.35. The highest BCUT2D eigenvalue weighted by Crippen LogP contribution is 2.34. The second-order valence-corrected chi connectivity index (χ2v) is 5.07. The Bertz CT molecular complexity index is 322. The summed E-state index contributed by atoms with van der Waals surface area (Å²) in [4.78, 5) is 0. The van der Waals surface area contributed by atoms with Crippen LogP contribution >= 0.6 is 23.2 Å². The molecule has 0 unspecified atom stereocenters. The summed E-state index contributed by atoms with van der Waals surface area (Å²) < 4.78 is 0. The highest BCUT2D eigenvalue weighted by Gasteiger charge is 2.18. The van der Waals surface area contributed by atoms with Crippen LogP contribution in [0.25, 0.3) is 0 Å². The fourth-order valence-electron chi connectivity index (χ4n) is 1.24. The van der Waals surface area contributed by atoms with Crippen molar-refractivity contribution in [3.05, 3.63) is 33.3 Å². The second-order valence-electron chi connectivity index (χ2n) is 4.28. The first-order chi connectivity index (χ1) is 5.84. The number of halogens is 2. The molecule has 0 heterocycles. The van der Waals surface area contributed by atoms with E-state index in [1.165, 1.54) is 0 Å². The molecule has 0 nitrogen and oxygen atoms in total. The predicted molar refractivity (Wildman–Crippen MR) is 59.9 cm³/mol. The van der Waals surface area contributed by atoms with Crippen molar-refractivity contribution >= 4 is 23.2 Å². The molecule has 0 saturated heterocycles. The van der Waals surface area contributed by atoms with Crippen LogP contribution in [0.15, 0.2) is 12.1 Å². The van der Waals surface area contributed by atoms with Gasteiger partial charge in [0.25, 0.3) is 0 Å². The van der Waals surface area contributed by atoms with E-state index in [1.54, 1.807) is 0 Å². The Morgan fingerprint density at radius 3 is 2.08 bits per heavy atom. The summed E-state index contributed by atoms with van der Waals surface area (Å²) in [6.45, 7) is 8.37. The highest BCUT2D eigenvalue weighted by molar-refractivity contribution is 6.36. The van der Waals surface area contributed by atoms with Gasteiger partial charge in [-0.3, -0.25) is 0 Å². The highest BCUT2D eigenvalue weighted by atomic mass is 35.5. The summed E-state index contributed by atoms with van der Waals surface area (Å²) in [5, 5.41) is 1.53. The second kappa shape index (κ2) is 3.51. The zero-order valence-electron chi connectivity index (χ0n) is 8.41. The molecule has 0 bridgehead atoms. The minimum Gasteiger partial charge on any atom is -0.0840 e. The summed E-state index contributed by atoms with van der Waals surface area (Å²) in [5.41, 5.74) is 2.19. The van der Waals surface area contributed by atoms with Crippen molar-refractivity contribution in [3.63, 3.8) is 0 Å². The molecule has 0 spiro atoms. The van der Waals surface area contributed by atoms with Crippen LogP contribution in [0, 0.1) is 6.92 Å². The molecule has 72 valence electrons. The maximum Gasteiger partial charge on any atom is 0.0487 e. The molecule has 0 amide bonds. The standard InChI is InChI=1S/C11H14Cl2/c1-7-9(12)6-5-8(10(7)13)11(2,3)4/h5-6H,1-4H3. The van der Waals surface area contributed by atoms with Crippen molar-refractivity contribution in [2.24, 2.45) is 0 Å². The van der Waals surface area contributed by atoms with E-state index in [0.29, 0.717) is 0 Å². The lowest BCUT2D eigenvalue weighted by Gasteiger charge is -2.21. The zero-order chi connectivity index (χ0) is 10.2. The lowest BCUT2D eigenvalue weighted by Crippen LogP contribution is -2.12. The minimum atomic E-state index is 0.0758. The SMILES string of the molecule is Cc1c(Cl)ccc(C(C)(C)C)c1Cl. The molecule has 0 saturated carbocycles. The van der Waals surface area contributed by atoms with Gasteiger partial charge in [-0.2, -0.15) is 0 Å². The molecule has 0 aliphatic heterocycles. The lowest BCUT2D eigenvalue weighted by molar-refractivity contribution is 0.590. The van der Waals surface area contributed by atoms with Gasteiger partial charge in [-0.15, -0.1) is 0 Å². The molecule has 2 heteroatoms. The quantitative estimate of drug-likeness (QED) is 0.595. The first kappa shape index (κ1) is 10.9. The van der Waals surface area contributed by atoms with Gasteiger partial charge in [0.1, 0.15) is 0 Å². The van der Waals surface area contributed by atoms with Gasteiger partial charge in [0.2, 0.25) is 0 Å². The Kier molecular flexibility index (Phi) is 2.94. The third-order valence-corrected chi connectivity index (χ3v) is 3.02. The molecule has 0 fully saturated rings. The molecule has 0 atom stereocenters. The van der Waals surface area contributed by atoms with E-state index >= 15 is 0 Å². The third-order valence-electron chi connectivity index (χ3n) is 2.13. The first-order valence-electron chi connectivity index (χ1n) is 4.29. The minimum absolute atomic E-state index is 0.0758. The van der Waals surface area contributed by atoms with Crippen molar-refractivity contribution in [1.29, 1.82) is 0 Å². The Labute approximate surface area is 89.9 Å². The van der Waals surface area contributed by atoms with Gasteiger partial charge in [-0.05, 0) is 29.5 Å². The topological polar surface area (TPSA) is 0 Å². The van der Waals surface area contributed by atoms with Crippen molar-refractivity contribution in [2.75, 3.05) is 0 Å². The molecule has 0 aliphatic carbocycles. The summed E-state index contributed by atoms with van der Waals surface area (Å²) in [5.74, 6) is 0. The molecule has 0 N–H and O–H groups in total. The number of rotatable bonds is 0. The molecule has 1 rings (SSSR count). The Hall–Kier alpha value is -0.200. The van der Waals surface area contributed by atoms with E-state index in [-0.39, 0.29) is 5.41 Å². The van der Waals surface area contributed by atoms with E-state index in [4.69, 9.17) is 23.2 Å². The molecular formula is C11H14Cl2. The monoisotopic (exact) mass is 216 g/mol. The number of hydrogen-bond donors (Lipinski definition) is 0. The van der Waals surface area contributed by atoms with Gasteiger partial charge in [-0.25, -0.2) is 0 Å². The normalized spacial score (nSPS) is 11.8. The van der Waals surface area contributed by atoms with Gasteiger partial charge in [0.05, 0.1) is 0 Å². The van der Waals surface area contributed by atoms with Crippen LogP contribution in [-0.2, 0) is 5.41 Å². The van der Waals surface area contributed by atoms with Gasteiger partial charge >= 0.3 is 0 Å². The van der Waals surface area contributed by atoms with Crippen molar-refractivity contribution in [3.8, 4) is 0 Å². The van der Waals surface area contributed by atoms with Gasteiger partial charge in [0, 0.05) is 10.0 Å². The van der Waals surface area contributed by atoms with Crippen LogP contribution in [0.5, 0.6) is 0 Å². The Morgan fingerprint density at radius 2 is 1.62 bits per heavy atom. The first-order valence-corrected chi connectivity index (χ1v) is 5.04. The Morgan fingerprint density at radius 1 is 1.08 bits per heavy atom.